The van der Waals surface area contributed by atoms with Gasteiger partial charge in [-0.15, -0.1) is 0 Å². The number of aliphatic carboxylic acids is 1. The van der Waals surface area contributed by atoms with Crippen LogP contribution < -0.4 is 0 Å². The number of carboxylic acids is 1. The second-order valence-electron chi connectivity index (χ2n) is 8.76. The Bertz CT molecular complexity index is 662. The Morgan fingerprint density at radius 3 is 1.23 bits per heavy atom. The summed E-state index contributed by atoms with van der Waals surface area (Å²) in [6.45, 7) is 10.2. The van der Waals surface area contributed by atoms with Crippen LogP contribution in [0.25, 0.3) is 0 Å². The number of carbonyl (C=O) groups excluding carboxylic acids is 3. The van der Waals surface area contributed by atoms with Gasteiger partial charge in [-0.3, -0.25) is 9.59 Å². The van der Waals surface area contributed by atoms with Crippen LogP contribution in [0, 0.1) is 0 Å². The lowest BCUT2D eigenvalue weighted by Gasteiger charge is -2.19. The van der Waals surface area contributed by atoms with E-state index in [9.17, 15) is 19.2 Å². The molecule has 0 aliphatic carbocycles. The second-order valence-corrected chi connectivity index (χ2v) is 8.76. The van der Waals surface area contributed by atoms with E-state index in [2.05, 4.69) is 0 Å². The molecule has 0 amide bonds. The fourth-order valence-corrected chi connectivity index (χ4v) is 2.46. The number of Topliss-reactive ketones (excluding diaryl/α,β-unsaturated/α-hetero) is 1. The molecular weight excluding hydrogens is 524 g/mol. The molecule has 14 nitrogen and oxygen atoms in total. The molecule has 0 aromatic heterocycles. The molecule has 0 aromatic rings. The molecular formula is C25H44O14. The Hall–Kier alpha value is -2.20. The molecule has 0 aromatic carbocycles. The molecule has 1 N–H and O–H groups in total. The number of ketones is 1. The van der Waals surface area contributed by atoms with Gasteiger partial charge in [0.05, 0.1) is 92.3 Å². The Kier molecular flexibility index (Phi) is 23.4. The van der Waals surface area contributed by atoms with Crippen LogP contribution in [-0.4, -0.2) is 134 Å². The highest BCUT2D eigenvalue weighted by atomic mass is 16.6. The Morgan fingerprint density at radius 2 is 0.872 bits per heavy atom. The van der Waals surface area contributed by atoms with Gasteiger partial charge >= 0.3 is 17.9 Å². The van der Waals surface area contributed by atoms with Crippen molar-refractivity contribution in [3.05, 3.63) is 0 Å². The van der Waals surface area contributed by atoms with Crippen molar-refractivity contribution in [3.63, 3.8) is 0 Å². The van der Waals surface area contributed by atoms with Gasteiger partial charge in [-0.25, -0.2) is 9.59 Å². The number of carboxylic acid groups (broad SMARTS) is 1. The zero-order valence-electron chi connectivity index (χ0n) is 23.3. The largest absolute Gasteiger partial charge is 0.476 e. The Labute approximate surface area is 229 Å². The van der Waals surface area contributed by atoms with Crippen LogP contribution in [0.2, 0.25) is 0 Å². The van der Waals surface area contributed by atoms with Crippen molar-refractivity contribution in [3.8, 4) is 0 Å². The van der Waals surface area contributed by atoms with E-state index in [-0.39, 0.29) is 32.7 Å². The average Bonchev–Trinajstić information content (AvgIpc) is 2.86. The highest BCUT2D eigenvalue weighted by molar-refractivity contribution is 6.32. The summed E-state index contributed by atoms with van der Waals surface area (Å²) in [5.41, 5.74) is -0.524. The molecule has 0 atom stereocenters. The number of esters is 2. The number of carbonyl (C=O) groups is 4. The van der Waals surface area contributed by atoms with Gasteiger partial charge in [0.25, 0.3) is 0 Å². The molecule has 0 saturated carbocycles. The van der Waals surface area contributed by atoms with Gasteiger partial charge in [0.2, 0.25) is 5.78 Å². The SMILES string of the molecule is CC(C)(C)OC(=O)COCCOCCOCCOCCOCCOCCOCCOC(=O)CCC(=O)C(=O)O. The molecule has 0 spiro atoms. The first-order valence-corrected chi connectivity index (χ1v) is 12.8. The van der Waals surface area contributed by atoms with Crippen molar-refractivity contribution in [2.45, 2.75) is 39.2 Å². The molecule has 0 fully saturated rings. The fourth-order valence-electron chi connectivity index (χ4n) is 2.46. The lowest BCUT2D eigenvalue weighted by atomic mass is 10.2. The second kappa shape index (κ2) is 24.8. The maximum absolute atomic E-state index is 11.5. The number of rotatable bonds is 27. The summed E-state index contributed by atoms with van der Waals surface area (Å²) in [4.78, 5) is 44.0. The van der Waals surface area contributed by atoms with Crippen LogP contribution in [0.1, 0.15) is 33.6 Å². The lowest BCUT2D eigenvalue weighted by Crippen LogP contribution is -2.27. The third kappa shape index (κ3) is 28.6. The average molecular weight is 569 g/mol. The molecule has 0 aliphatic heterocycles. The summed E-state index contributed by atoms with van der Waals surface area (Å²) in [5.74, 6) is -3.65. The lowest BCUT2D eigenvalue weighted by molar-refractivity contribution is -0.160. The van der Waals surface area contributed by atoms with Crippen molar-refractivity contribution >= 4 is 23.7 Å². The van der Waals surface area contributed by atoms with Crippen molar-refractivity contribution in [1.82, 2.24) is 0 Å². The van der Waals surface area contributed by atoms with Gasteiger partial charge in [-0.1, -0.05) is 0 Å². The van der Waals surface area contributed by atoms with Crippen molar-refractivity contribution in [2.75, 3.05) is 99.1 Å². The molecule has 39 heavy (non-hydrogen) atoms. The first-order valence-electron chi connectivity index (χ1n) is 12.8. The first kappa shape index (κ1) is 36.8. The van der Waals surface area contributed by atoms with E-state index in [4.69, 9.17) is 47.7 Å². The molecule has 0 heterocycles. The molecule has 228 valence electrons. The smallest absolute Gasteiger partial charge is 0.372 e. The zero-order valence-corrected chi connectivity index (χ0v) is 23.3. The van der Waals surface area contributed by atoms with E-state index in [1.807, 2.05) is 0 Å². The maximum atomic E-state index is 11.5. The standard InChI is InChI=1S/C25H44O14/c1-25(2,3)39-23(28)20-37-17-16-35-13-12-33-9-8-31-6-7-32-10-11-34-14-15-36-18-19-38-22(27)5-4-21(26)24(29)30/h4-20H2,1-3H3,(H,29,30). The minimum Gasteiger partial charge on any atom is -0.476 e. The summed E-state index contributed by atoms with van der Waals surface area (Å²) in [6, 6.07) is 0. The molecule has 0 rings (SSSR count). The predicted molar refractivity (Wildman–Crippen MR) is 134 cm³/mol. The molecule has 0 aliphatic rings. The minimum atomic E-state index is -1.57. The van der Waals surface area contributed by atoms with Crippen molar-refractivity contribution < 1.29 is 66.9 Å². The molecule has 0 unspecified atom stereocenters. The van der Waals surface area contributed by atoms with E-state index in [1.165, 1.54) is 0 Å². The van der Waals surface area contributed by atoms with Gasteiger partial charge in [0, 0.05) is 6.42 Å². The van der Waals surface area contributed by atoms with E-state index < -0.39 is 29.3 Å². The summed E-state index contributed by atoms with van der Waals surface area (Å²) in [7, 11) is 0. The minimum absolute atomic E-state index is 0.0101. The van der Waals surface area contributed by atoms with Crippen LogP contribution in [0.4, 0.5) is 0 Å². The van der Waals surface area contributed by atoms with E-state index in [0.717, 1.165) is 0 Å². The van der Waals surface area contributed by atoms with E-state index >= 15 is 0 Å². The molecule has 0 bridgehead atoms. The van der Waals surface area contributed by atoms with Crippen LogP contribution in [0.3, 0.4) is 0 Å². The zero-order chi connectivity index (χ0) is 29.2. The number of hydrogen-bond donors (Lipinski definition) is 1. The van der Waals surface area contributed by atoms with Gasteiger partial charge < -0.3 is 47.7 Å². The molecule has 14 heteroatoms. The Balaban J connectivity index is 3.21. The van der Waals surface area contributed by atoms with Crippen LogP contribution in [0.15, 0.2) is 0 Å². The third-order valence-electron chi connectivity index (χ3n) is 4.16. The van der Waals surface area contributed by atoms with Crippen LogP contribution in [-0.2, 0) is 61.8 Å². The Morgan fingerprint density at radius 1 is 0.513 bits per heavy atom. The topological polar surface area (TPSA) is 172 Å². The predicted octanol–water partition coefficient (Wildman–Crippen LogP) is 0.421. The summed E-state index contributed by atoms with van der Waals surface area (Å²) in [5, 5.41) is 8.42. The van der Waals surface area contributed by atoms with Crippen LogP contribution >= 0.6 is 0 Å². The first-order chi connectivity index (χ1) is 18.6. The van der Waals surface area contributed by atoms with Crippen molar-refractivity contribution in [2.24, 2.45) is 0 Å². The third-order valence-corrected chi connectivity index (χ3v) is 4.16. The molecule has 0 saturated heterocycles. The van der Waals surface area contributed by atoms with E-state index in [0.29, 0.717) is 79.3 Å². The van der Waals surface area contributed by atoms with E-state index in [1.54, 1.807) is 20.8 Å². The maximum Gasteiger partial charge on any atom is 0.372 e. The highest BCUT2D eigenvalue weighted by Gasteiger charge is 2.16. The highest BCUT2D eigenvalue weighted by Crippen LogP contribution is 2.06. The normalized spacial score (nSPS) is 11.4. The van der Waals surface area contributed by atoms with Gasteiger partial charge in [0.15, 0.2) is 0 Å². The van der Waals surface area contributed by atoms with Crippen LogP contribution in [0.5, 0.6) is 0 Å². The summed E-state index contributed by atoms with van der Waals surface area (Å²) < 4.78 is 47.2. The summed E-state index contributed by atoms with van der Waals surface area (Å²) >= 11 is 0. The van der Waals surface area contributed by atoms with Crippen molar-refractivity contribution in [1.29, 1.82) is 0 Å². The van der Waals surface area contributed by atoms with Gasteiger partial charge in [-0.05, 0) is 20.8 Å². The fraction of sp³-hybridized carbons (Fsp3) is 0.840. The summed E-state index contributed by atoms with van der Waals surface area (Å²) in [6.07, 6.45) is -0.665. The van der Waals surface area contributed by atoms with Gasteiger partial charge in [-0.2, -0.15) is 0 Å². The quantitative estimate of drug-likeness (QED) is 0.0821. The number of ether oxygens (including phenoxy) is 9. The number of hydrogen-bond acceptors (Lipinski definition) is 13. The molecule has 0 radical (unpaired) electrons. The van der Waals surface area contributed by atoms with Gasteiger partial charge in [0.1, 0.15) is 18.8 Å². The monoisotopic (exact) mass is 568 g/mol.